The van der Waals surface area contributed by atoms with Crippen LogP contribution < -0.4 is 15.5 Å². The molecule has 3 heterocycles. The quantitative estimate of drug-likeness (QED) is 0.655. The van der Waals surface area contributed by atoms with Crippen molar-refractivity contribution in [2.75, 3.05) is 23.3 Å². The Bertz CT molecular complexity index is 992. The van der Waals surface area contributed by atoms with Gasteiger partial charge in [0.25, 0.3) is 0 Å². The zero-order valence-corrected chi connectivity index (χ0v) is 16.5. The van der Waals surface area contributed by atoms with Crippen molar-refractivity contribution in [1.29, 1.82) is 0 Å². The molecule has 154 valence electrons. The number of anilines is 3. The Kier molecular flexibility index (Phi) is 6.12. The number of carbonyl (C=O) groups excluding carboxylic acids is 1. The average molecular weight is 406 g/mol. The van der Waals surface area contributed by atoms with Crippen molar-refractivity contribution in [1.82, 2.24) is 20.3 Å². The van der Waals surface area contributed by atoms with E-state index in [1.807, 2.05) is 18.2 Å². The van der Waals surface area contributed by atoms with Gasteiger partial charge in [-0.3, -0.25) is 9.78 Å². The molecule has 0 spiro atoms. The van der Waals surface area contributed by atoms with E-state index in [2.05, 4.69) is 30.5 Å². The molecule has 3 aromatic rings. The molecule has 1 saturated heterocycles. The lowest BCUT2D eigenvalue weighted by atomic mass is 10.0. The summed E-state index contributed by atoms with van der Waals surface area (Å²) in [5.74, 6) is 0.782. The molecule has 1 fully saturated rings. The van der Waals surface area contributed by atoms with Gasteiger partial charge in [0, 0.05) is 37.2 Å². The van der Waals surface area contributed by atoms with Crippen LogP contribution in [0.5, 0.6) is 0 Å². The van der Waals surface area contributed by atoms with Gasteiger partial charge in [-0.25, -0.2) is 9.37 Å². The van der Waals surface area contributed by atoms with E-state index in [9.17, 15) is 9.18 Å². The molecule has 4 rings (SSSR count). The summed E-state index contributed by atoms with van der Waals surface area (Å²) >= 11 is 0. The second kappa shape index (κ2) is 9.30. The van der Waals surface area contributed by atoms with Gasteiger partial charge >= 0.3 is 0 Å². The van der Waals surface area contributed by atoms with E-state index < -0.39 is 0 Å². The van der Waals surface area contributed by atoms with Crippen LogP contribution in [-0.4, -0.2) is 40.0 Å². The topological polar surface area (TPSA) is 83.0 Å². The lowest BCUT2D eigenvalue weighted by Gasteiger charge is -2.32. The van der Waals surface area contributed by atoms with E-state index in [0.717, 1.165) is 31.6 Å². The minimum absolute atomic E-state index is 0.0144. The van der Waals surface area contributed by atoms with Crippen molar-refractivity contribution >= 4 is 23.4 Å². The van der Waals surface area contributed by atoms with E-state index in [-0.39, 0.29) is 24.2 Å². The summed E-state index contributed by atoms with van der Waals surface area (Å²) in [5.41, 5.74) is 1.14. The number of hydrogen-bond donors (Lipinski definition) is 2. The molecule has 8 heteroatoms. The predicted molar refractivity (Wildman–Crippen MR) is 113 cm³/mol. The average Bonchev–Trinajstić information content (AvgIpc) is 2.77. The molecule has 0 bridgehead atoms. The van der Waals surface area contributed by atoms with Crippen LogP contribution in [0.15, 0.2) is 60.9 Å². The standard InChI is InChI=1S/C22H23FN6O/c23-18-6-1-2-7-19(18)27-20-8-12-25-22(28-20)29-13-9-16(10-14-29)26-21(30)15-17-5-3-4-11-24-17/h1-8,11-12,16H,9-10,13-15H2,(H,26,30)(H,25,27,28). The number of nitrogens with one attached hydrogen (secondary N) is 2. The van der Waals surface area contributed by atoms with Crippen LogP contribution in [0.3, 0.4) is 0 Å². The van der Waals surface area contributed by atoms with Crippen molar-refractivity contribution < 1.29 is 9.18 Å². The predicted octanol–water partition coefficient (Wildman–Crippen LogP) is 3.08. The summed E-state index contributed by atoms with van der Waals surface area (Å²) in [5, 5.41) is 6.08. The molecule has 2 N–H and O–H groups in total. The van der Waals surface area contributed by atoms with Crippen LogP contribution in [-0.2, 0) is 11.2 Å². The largest absolute Gasteiger partial charge is 0.353 e. The second-order valence-electron chi connectivity index (χ2n) is 7.17. The number of hydrogen-bond acceptors (Lipinski definition) is 6. The minimum Gasteiger partial charge on any atom is -0.353 e. The van der Waals surface area contributed by atoms with Crippen LogP contribution in [0.4, 0.5) is 21.8 Å². The summed E-state index contributed by atoms with van der Waals surface area (Å²) in [4.78, 5) is 27.4. The maximum atomic E-state index is 13.9. The number of rotatable bonds is 6. The molecule has 30 heavy (non-hydrogen) atoms. The highest BCUT2D eigenvalue weighted by Crippen LogP contribution is 2.21. The molecule has 0 atom stereocenters. The molecular weight excluding hydrogens is 383 g/mol. The molecule has 0 unspecified atom stereocenters. The summed E-state index contributed by atoms with van der Waals surface area (Å²) in [6, 6.07) is 13.9. The van der Waals surface area contributed by atoms with E-state index in [0.29, 0.717) is 17.5 Å². The van der Waals surface area contributed by atoms with Gasteiger partial charge in [0.15, 0.2) is 0 Å². The first kappa shape index (κ1) is 19.8. The molecular formula is C22H23FN6O. The third-order valence-corrected chi connectivity index (χ3v) is 4.99. The maximum absolute atomic E-state index is 13.9. The Hall–Kier alpha value is -3.55. The fourth-order valence-electron chi connectivity index (χ4n) is 3.44. The number of amides is 1. The van der Waals surface area contributed by atoms with E-state index in [4.69, 9.17) is 0 Å². The molecule has 1 aliphatic heterocycles. The van der Waals surface area contributed by atoms with Crippen molar-refractivity contribution in [3.63, 3.8) is 0 Å². The van der Waals surface area contributed by atoms with Crippen molar-refractivity contribution in [3.05, 3.63) is 72.4 Å². The monoisotopic (exact) mass is 406 g/mol. The molecule has 2 aromatic heterocycles. The molecule has 0 radical (unpaired) electrons. The van der Waals surface area contributed by atoms with Crippen molar-refractivity contribution in [2.45, 2.75) is 25.3 Å². The smallest absolute Gasteiger partial charge is 0.227 e. The van der Waals surface area contributed by atoms with Gasteiger partial charge in [0.1, 0.15) is 11.6 Å². The first-order valence-corrected chi connectivity index (χ1v) is 9.96. The Morgan fingerprint density at radius 1 is 1.03 bits per heavy atom. The second-order valence-corrected chi connectivity index (χ2v) is 7.17. The summed E-state index contributed by atoms with van der Waals surface area (Å²) in [6.45, 7) is 1.47. The number of piperidine rings is 1. The first-order valence-electron chi connectivity index (χ1n) is 9.96. The van der Waals surface area contributed by atoms with Gasteiger partial charge in [-0.05, 0) is 43.2 Å². The fraction of sp³-hybridized carbons (Fsp3) is 0.273. The summed E-state index contributed by atoms with van der Waals surface area (Å²) in [7, 11) is 0. The number of para-hydroxylation sites is 1. The SMILES string of the molecule is O=C(Cc1ccccn1)NC1CCN(c2nccc(Nc3ccccc3F)n2)CC1. The van der Waals surface area contributed by atoms with Gasteiger partial charge in [-0.1, -0.05) is 18.2 Å². The zero-order valence-electron chi connectivity index (χ0n) is 16.5. The number of halogens is 1. The lowest BCUT2D eigenvalue weighted by Crippen LogP contribution is -2.45. The maximum Gasteiger partial charge on any atom is 0.227 e. The molecule has 0 aliphatic carbocycles. The summed E-state index contributed by atoms with van der Waals surface area (Å²) in [6.07, 6.45) is 5.25. The number of benzene rings is 1. The Morgan fingerprint density at radius 2 is 1.83 bits per heavy atom. The number of carbonyl (C=O) groups is 1. The minimum atomic E-state index is -0.333. The number of aromatic nitrogens is 3. The highest BCUT2D eigenvalue weighted by atomic mass is 19.1. The van der Waals surface area contributed by atoms with E-state index in [1.165, 1.54) is 6.07 Å². The zero-order chi connectivity index (χ0) is 20.8. The van der Waals surface area contributed by atoms with Crippen LogP contribution >= 0.6 is 0 Å². The van der Waals surface area contributed by atoms with Crippen LogP contribution in [0.1, 0.15) is 18.5 Å². The van der Waals surface area contributed by atoms with Gasteiger partial charge in [-0.15, -0.1) is 0 Å². The summed E-state index contributed by atoms with van der Waals surface area (Å²) < 4.78 is 13.9. The Balaban J connectivity index is 1.31. The Labute approximate surface area is 174 Å². The third-order valence-electron chi connectivity index (χ3n) is 4.99. The van der Waals surface area contributed by atoms with E-state index >= 15 is 0 Å². The molecule has 1 amide bonds. The van der Waals surface area contributed by atoms with Crippen molar-refractivity contribution in [2.24, 2.45) is 0 Å². The molecule has 1 aliphatic rings. The van der Waals surface area contributed by atoms with Crippen molar-refractivity contribution in [3.8, 4) is 0 Å². The van der Waals surface area contributed by atoms with Gasteiger partial charge in [-0.2, -0.15) is 4.98 Å². The normalized spacial score (nSPS) is 14.4. The van der Waals surface area contributed by atoms with Crippen LogP contribution in [0, 0.1) is 5.82 Å². The van der Waals surface area contributed by atoms with Crippen LogP contribution in [0.25, 0.3) is 0 Å². The highest BCUT2D eigenvalue weighted by molar-refractivity contribution is 5.78. The highest BCUT2D eigenvalue weighted by Gasteiger charge is 2.22. The number of nitrogens with zero attached hydrogens (tertiary/aromatic N) is 4. The van der Waals surface area contributed by atoms with Crippen LogP contribution in [0.2, 0.25) is 0 Å². The van der Waals surface area contributed by atoms with Gasteiger partial charge < -0.3 is 15.5 Å². The van der Waals surface area contributed by atoms with Gasteiger partial charge in [0.2, 0.25) is 11.9 Å². The van der Waals surface area contributed by atoms with E-state index in [1.54, 1.807) is 36.7 Å². The molecule has 1 aromatic carbocycles. The first-order chi connectivity index (χ1) is 14.7. The Morgan fingerprint density at radius 3 is 2.60 bits per heavy atom. The molecule has 0 saturated carbocycles. The third kappa shape index (κ3) is 5.08. The number of pyridine rings is 1. The lowest BCUT2D eigenvalue weighted by molar-refractivity contribution is -0.121. The fourth-order valence-corrected chi connectivity index (χ4v) is 3.44. The molecule has 7 nitrogen and oxygen atoms in total. The van der Waals surface area contributed by atoms with Gasteiger partial charge in [0.05, 0.1) is 12.1 Å².